The van der Waals surface area contributed by atoms with Gasteiger partial charge in [0.15, 0.2) is 0 Å². The number of fused-ring (bicyclic) bond motifs is 2. The first-order chi connectivity index (χ1) is 9.59. The molecule has 0 aliphatic carbocycles. The van der Waals surface area contributed by atoms with Gasteiger partial charge in [-0.05, 0) is 54.6 Å². The third-order valence-corrected chi connectivity index (χ3v) is 3.94. The Morgan fingerprint density at radius 1 is 0.850 bits per heavy atom. The van der Waals surface area contributed by atoms with Gasteiger partial charge in [0.25, 0.3) is 0 Å². The van der Waals surface area contributed by atoms with E-state index in [-0.39, 0.29) is 5.60 Å². The summed E-state index contributed by atoms with van der Waals surface area (Å²) < 4.78 is 6.21. The molecule has 0 fully saturated rings. The molecule has 0 radical (unpaired) electrons. The second kappa shape index (κ2) is 4.82. The Labute approximate surface area is 120 Å². The van der Waals surface area contributed by atoms with E-state index in [4.69, 9.17) is 4.74 Å². The van der Waals surface area contributed by atoms with Gasteiger partial charge in [0.1, 0.15) is 11.4 Å². The third-order valence-electron chi connectivity index (χ3n) is 3.94. The van der Waals surface area contributed by atoms with E-state index in [2.05, 4.69) is 75.4 Å². The third kappa shape index (κ3) is 2.36. The highest BCUT2D eigenvalue weighted by Crippen LogP contribution is 2.32. The van der Waals surface area contributed by atoms with E-state index in [9.17, 15) is 0 Å². The van der Waals surface area contributed by atoms with E-state index < -0.39 is 0 Å². The molecule has 0 saturated carbocycles. The Morgan fingerprint density at radius 3 is 2.20 bits per heavy atom. The Balaban J connectivity index is 2.20. The van der Waals surface area contributed by atoms with Crippen LogP contribution in [0.2, 0.25) is 0 Å². The van der Waals surface area contributed by atoms with Crippen LogP contribution in [-0.2, 0) is 0 Å². The van der Waals surface area contributed by atoms with Gasteiger partial charge in [-0.1, -0.05) is 43.3 Å². The van der Waals surface area contributed by atoms with Gasteiger partial charge in [-0.15, -0.1) is 0 Å². The SMILES string of the molecule is CCC(C)(C)Oc1cccc2cc3ccccc3cc12. The van der Waals surface area contributed by atoms with Crippen molar-refractivity contribution in [1.82, 2.24) is 0 Å². The zero-order chi connectivity index (χ0) is 14.2. The number of hydrogen-bond donors (Lipinski definition) is 0. The molecule has 3 rings (SSSR count). The highest BCUT2D eigenvalue weighted by atomic mass is 16.5. The molecule has 0 saturated heterocycles. The molecule has 0 heterocycles. The van der Waals surface area contributed by atoms with Gasteiger partial charge >= 0.3 is 0 Å². The smallest absolute Gasteiger partial charge is 0.127 e. The standard InChI is InChI=1S/C19H20O/c1-4-19(2,3)20-18-11-7-10-16-12-14-8-5-6-9-15(14)13-17(16)18/h5-13H,4H2,1-3H3. The monoisotopic (exact) mass is 264 g/mol. The number of ether oxygens (including phenoxy) is 1. The average molecular weight is 264 g/mol. The van der Waals surface area contributed by atoms with Gasteiger partial charge in [0, 0.05) is 5.39 Å². The largest absolute Gasteiger partial charge is 0.487 e. The van der Waals surface area contributed by atoms with E-state index in [0.717, 1.165) is 12.2 Å². The van der Waals surface area contributed by atoms with Gasteiger partial charge in [0.05, 0.1) is 0 Å². The molecule has 0 amide bonds. The molecule has 0 N–H and O–H groups in total. The highest BCUT2D eigenvalue weighted by molar-refractivity contribution is 6.00. The van der Waals surface area contributed by atoms with Crippen LogP contribution < -0.4 is 4.74 Å². The predicted octanol–water partition coefficient (Wildman–Crippen LogP) is 5.56. The Morgan fingerprint density at radius 2 is 1.50 bits per heavy atom. The lowest BCUT2D eigenvalue weighted by atomic mass is 10.0. The summed E-state index contributed by atoms with van der Waals surface area (Å²) >= 11 is 0. The van der Waals surface area contributed by atoms with Gasteiger partial charge in [0.2, 0.25) is 0 Å². The summed E-state index contributed by atoms with van der Waals surface area (Å²) in [6.45, 7) is 6.42. The number of rotatable bonds is 3. The van der Waals surface area contributed by atoms with E-state index in [1.165, 1.54) is 21.5 Å². The van der Waals surface area contributed by atoms with Crippen LogP contribution in [-0.4, -0.2) is 5.60 Å². The molecule has 0 unspecified atom stereocenters. The summed E-state index contributed by atoms with van der Waals surface area (Å²) in [5.74, 6) is 0.972. The van der Waals surface area contributed by atoms with Crippen molar-refractivity contribution < 1.29 is 4.74 Å². The number of hydrogen-bond acceptors (Lipinski definition) is 1. The van der Waals surface area contributed by atoms with E-state index in [1.54, 1.807) is 0 Å². The molecule has 1 nitrogen and oxygen atoms in total. The summed E-state index contributed by atoms with van der Waals surface area (Å²) in [7, 11) is 0. The zero-order valence-electron chi connectivity index (χ0n) is 12.3. The molecular formula is C19H20O. The minimum Gasteiger partial charge on any atom is -0.487 e. The molecule has 20 heavy (non-hydrogen) atoms. The van der Waals surface area contributed by atoms with Crippen LogP contribution in [0.1, 0.15) is 27.2 Å². The maximum absolute atomic E-state index is 6.21. The Bertz CT molecular complexity index is 756. The Kier molecular flexibility index (Phi) is 3.13. The maximum Gasteiger partial charge on any atom is 0.127 e. The quantitative estimate of drug-likeness (QED) is 0.563. The average Bonchev–Trinajstić information content (AvgIpc) is 2.45. The van der Waals surface area contributed by atoms with Gasteiger partial charge < -0.3 is 4.74 Å². The van der Waals surface area contributed by atoms with Crippen molar-refractivity contribution in [2.24, 2.45) is 0 Å². The van der Waals surface area contributed by atoms with Gasteiger partial charge in [-0.25, -0.2) is 0 Å². The fourth-order valence-corrected chi connectivity index (χ4v) is 2.40. The first kappa shape index (κ1) is 13.0. The van der Waals surface area contributed by atoms with E-state index >= 15 is 0 Å². The van der Waals surface area contributed by atoms with Crippen molar-refractivity contribution in [2.75, 3.05) is 0 Å². The van der Waals surface area contributed by atoms with Crippen LogP contribution in [0.3, 0.4) is 0 Å². The minimum absolute atomic E-state index is 0.139. The normalized spacial score (nSPS) is 11.9. The Hall–Kier alpha value is -2.02. The fraction of sp³-hybridized carbons (Fsp3) is 0.263. The molecule has 0 aromatic heterocycles. The molecule has 0 atom stereocenters. The van der Waals surface area contributed by atoms with E-state index in [1.807, 2.05) is 0 Å². The predicted molar refractivity (Wildman–Crippen MR) is 86.5 cm³/mol. The fourth-order valence-electron chi connectivity index (χ4n) is 2.40. The molecule has 102 valence electrons. The van der Waals surface area contributed by atoms with Crippen LogP contribution in [0.5, 0.6) is 5.75 Å². The minimum atomic E-state index is -0.139. The molecule has 0 aliphatic heterocycles. The molecule has 3 aromatic rings. The van der Waals surface area contributed by atoms with Crippen LogP contribution in [0.15, 0.2) is 54.6 Å². The van der Waals surface area contributed by atoms with Crippen molar-refractivity contribution in [3.8, 4) is 5.75 Å². The first-order valence-corrected chi connectivity index (χ1v) is 7.19. The van der Waals surface area contributed by atoms with Crippen LogP contribution in [0.25, 0.3) is 21.5 Å². The van der Waals surface area contributed by atoms with Crippen molar-refractivity contribution in [3.63, 3.8) is 0 Å². The maximum atomic E-state index is 6.21. The van der Waals surface area contributed by atoms with E-state index in [0.29, 0.717) is 0 Å². The lowest BCUT2D eigenvalue weighted by Crippen LogP contribution is -2.26. The summed E-state index contributed by atoms with van der Waals surface area (Å²) in [6.07, 6.45) is 0.983. The second-order valence-electron chi connectivity index (χ2n) is 5.89. The molecule has 0 aliphatic rings. The lowest BCUT2D eigenvalue weighted by Gasteiger charge is -2.25. The van der Waals surface area contributed by atoms with Crippen molar-refractivity contribution in [3.05, 3.63) is 54.6 Å². The summed E-state index contributed by atoms with van der Waals surface area (Å²) in [4.78, 5) is 0. The van der Waals surface area contributed by atoms with Crippen molar-refractivity contribution in [1.29, 1.82) is 0 Å². The number of benzene rings is 3. The molecule has 0 bridgehead atoms. The molecule has 1 heteroatoms. The van der Waals surface area contributed by atoms with Gasteiger partial charge in [-0.3, -0.25) is 0 Å². The molecule has 0 spiro atoms. The molecular weight excluding hydrogens is 244 g/mol. The van der Waals surface area contributed by atoms with Crippen molar-refractivity contribution >= 4 is 21.5 Å². The van der Waals surface area contributed by atoms with Crippen LogP contribution in [0.4, 0.5) is 0 Å². The zero-order valence-corrected chi connectivity index (χ0v) is 12.3. The summed E-state index contributed by atoms with van der Waals surface area (Å²) in [5, 5.41) is 4.94. The summed E-state index contributed by atoms with van der Waals surface area (Å²) in [5.41, 5.74) is -0.139. The summed E-state index contributed by atoms with van der Waals surface area (Å²) in [6, 6.07) is 19.2. The van der Waals surface area contributed by atoms with Gasteiger partial charge in [-0.2, -0.15) is 0 Å². The first-order valence-electron chi connectivity index (χ1n) is 7.19. The highest BCUT2D eigenvalue weighted by Gasteiger charge is 2.18. The van der Waals surface area contributed by atoms with Crippen LogP contribution in [0, 0.1) is 0 Å². The van der Waals surface area contributed by atoms with Crippen molar-refractivity contribution in [2.45, 2.75) is 32.8 Å². The molecule has 3 aromatic carbocycles. The van der Waals surface area contributed by atoms with Crippen LogP contribution >= 0.6 is 0 Å². The second-order valence-corrected chi connectivity index (χ2v) is 5.89. The topological polar surface area (TPSA) is 9.23 Å². The lowest BCUT2D eigenvalue weighted by molar-refractivity contribution is 0.107.